The van der Waals surface area contributed by atoms with Crippen LogP contribution in [0, 0.1) is 0 Å². The molecule has 0 atom stereocenters. The van der Waals surface area contributed by atoms with E-state index in [9.17, 15) is 9.59 Å². The van der Waals surface area contributed by atoms with Crippen molar-refractivity contribution in [3.63, 3.8) is 0 Å². The quantitative estimate of drug-likeness (QED) is 0.315. The van der Waals surface area contributed by atoms with Crippen LogP contribution in [0.1, 0.15) is 28.8 Å². The number of nitrogens with one attached hydrogen (secondary N) is 1. The van der Waals surface area contributed by atoms with E-state index in [2.05, 4.69) is 25.5 Å². The molecule has 190 valence electrons. The number of aromatic amines is 1. The Morgan fingerprint density at radius 1 is 1.08 bits per heavy atom. The van der Waals surface area contributed by atoms with Crippen LogP contribution in [-0.2, 0) is 5.75 Å². The summed E-state index contributed by atoms with van der Waals surface area (Å²) in [6.45, 7) is 1.15. The second-order valence-electron chi connectivity index (χ2n) is 8.22. The van der Waals surface area contributed by atoms with Crippen LogP contribution in [0.3, 0.4) is 0 Å². The highest BCUT2D eigenvalue weighted by Gasteiger charge is 2.26. The van der Waals surface area contributed by atoms with Gasteiger partial charge in [0.25, 0.3) is 0 Å². The van der Waals surface area contributed by atoms with Crippen LogP contribution in [0.5, 0.6) is 5.75 Å². The summed E-state index contributed by atoms with van der Waals surface area (Å²) >= 11 is 3.15. The Bertz CT molecular complexity index is 1340. The lowest BCUT2D eigenvalue weighted by molar-refractivity contribution is 0.0696. The third-order valence-corrected chi connectivity index (χ3v) is 7.99. The first-order chi connectivity index (χ1) is 18.0. The maximum Gasteiger partial charge on any atom is 0.415 e. The number of carbonyl (C=O) groups excluding carboxylic acids is 1. The zero-order chi connectivity index (χ0) is 25.6. The largest absolute Gasteiger partial charge is 0.478 e. The molecule has 13 heteroatoms. The number of benzene rings is 2. The number of carboxylic acids is 1. The molecule has 0 bridgehead atoms. The predicted octanol–water partition coefficient (Wildman–Crippen LogP) is 4.13. The van der Waals surface area contributed by atoms with E-state index in [0.717, 1.165) is 29.3 Å². The van der Waals surface area contributed by atoms with Crippen molar-refractivity contribution >= 4 is 35.6 Å². The van der Waals surface area contributed by atoms with E-state index < -0.39 is 5.97 Å². The van der Waals surface area contributed by atoms with Crippen LogP contribution in [0.4, 0.5) is 4.79 Å². The molecular weight excluding hydrogens is 514 g/mol. The number of likely N-dealkylation sites (tertiary alicyclic amines) is 1. The van der Waals surface area contributed by atoms with Crippen LogP contribution in [0.2, 0.25) is 0 Å². The summed E-state index contributed by atoms with van der Waals surface area (Å²) in [6, 6.07) is 13.9. The Kier molecular flexibility index (Phi) is 7.70. The molecule has 1 aliphatic heterocycles. The SMILES string of the molecule is O=C(O)c1ccc(-n2nnnc2SC2CCN(C(=O)Oc3ccc(CSc4ncc[nH]4)cc3)CC2)cc1. The van der Waals surface area contributed by atoms with Gasteiger partial charge in [0.2, 0.25) is 5.16 Å². The number of hydrogen-bond donors (Lipinski definition) is 2. The standard InChI is InChI=1S/C24H23N7O4S2/c32-21(33)17-3-5-18(6-4-17)31-23(27-28-29-31)37-20-9-13-30(14-10-20)24(34)35-19-7-1-16(2-8-19)15-36-22-25-11-12-26-22/h1-8,11-12,20H,9-10,13-15H2,(H,25,26)(H,32,33). The van der Waals surface area contributed by atoms with E-state index in [1.165, 1.54) is 12.1 Å². The van der Waals surface area contributed by atoms with E-state index >= 15 is 0 Å². The fraction of sp³-hybridized carbons (Fsp3) is 0.250. The first-order valence-corrected chi connectivity index (χ1v) is 13.4. The van der Waals surface area contributed by atoms with Gasteiger partial charge in [-0.15, -0.1) is 5.10 Å². The lowest BCUT2D eigenvalue weighted by atomic mass is 10.1. The third kappa shape index (κ3) is 6.30. The van der Waals surface area contributed by atoms with Crippen LogP contribution in [0.25, 0.3) is 5.69 Å². The summed E-state index contributed by atoms with van der Waals surface area (Å²) in [4.78, 5) is 32.7. The van der Waals surface area contributed by atoms with Gasteiger partial charge in [-0.05, 0) is 65.2 Å². The molecule has 0 saturated carbocycles. The number of hydrogen-bond acceptors (Lipinski definition) is 9. The highest BCUT2D eigenvalue weighted by Crippen LogP contribution is 2.30. The number of piperidine rings is 1. The Labute approximate surface area is 220 Å². The first-order valence-electron chi connectivity index (χ1n) is 11.5. The molecule has 37 heavy (non-hydrogen) atoms. The van der Waals surface area contributed by atoms with E-state index in [1.54, 1.807) is 69.8 Å². The van der Waals surface area contributed by atoms with Gasteiger partial charge in [-0.1, -0.05) is 35.7 Å². The van der Waals surface area contributed by atoms with Crippen molar-refractivity contribution in [1.82, 2.24) is 35.1 Å². The Balaban J connectivity index is 1.10. The van der Waals surface area contributed by atoms with Gasteiger partial charge in [0.1, 0.15) is 5.75 Å². The topological polar surface area (TPSA) is 139 Å². The number of carboxylic acid groups (broad SMARTS) is 1. The van der Waals surface area contributed by atoms with Gasteiger partial charge < -0.3 is 19.7 Å². The van der Waals surface area contributed by atoms with Crippen LogP contribution >= 0.6 is 23.5 Å². The molecule has 0 spiro atoms. The van der Waals surface area contributed by atoms with E-state index in [-0.39, 0.29) is 16.9 Å². The number of thioether (sulfide) groups is 2. The number of aromatic nitrogens is 6. The molecule has 3 heterocycles. The summed E-state index contributed by atoms with van der Waals surface area (Å²) in [5, 5.41) is 22.8. The molecule has 2 aromatic carbocycles. The van der Waals surface area contributed by atoms with E-state index in [0.29, 0.717) is 29.7 Å². The van der Waals surface area contributed by atoms with Crippen molar-refractivity contribution in [1.29, 1.82) is 0 Å². The van der Waals surface area contributed by atoms with Crippen molar-refractivity contribution < 1.29 is 19.4 Å². The maximum absolute atomic E-state index is 12.7. The molecule has 4 aromatic rings. The van der Waals surface area contributed by atoms with Gasteiger partial charge in [0, 0.05) is 36.5 Å². The zero-order valence-corrected chi connectivity index (χ0v) is 21.2. The van der Waals surface area contributed by atoms with Crippen molar-refractivity contribution in [3.8, 4) is 11.4 Å². The van der Waals surface area contributed by atoms with Crippen molar-refractivity contribution in [2.45, 2.75) is 34.2 Å². The van der Waals surface area contributed by atoms with Crippen molar-refractivity contribution in [2.24, 2.45) is 0 Å². The smallest absolute Gasteiger partial charge is 0.415 e. The molecule has 0 radical (unpaired) electrons. The molecule has 0 unspecified atom stereocenters. The summed E-state index contributed by atoms with van der Waals surface area (Å²) in [5.74, 6) is 0.297. The number of carbonyl (C=O) groups is 2. The monoisotopic (exact) mass is 537 g/mol. The lowest BCUT2D eigenvalue weighted by Crippen LogP contribution is -2.41. The van der Waals surface area contributed by atoms with E-state index in [1.807, 2.05) is 12.1 Å². The highest BCUT2D eigenvalue weighted by molar-refractivity contribution is 7.99. The Hall–Kier alpha value is -3.84. The molecule has 1 fully saturated rings. The van der Waals surface area contributed by atoms with Gasteiger partial charge in [0.05, 0.1) is 11.3 Å². The van der Waals surface area contributed by atoms with Gasteiger partial charge in [-0.2, -0.15) is 4.68 Å². The van der Waals surface area contributed by atoms with Crippen LogP contribution in [0.15, 0.2) is 71.2 Å². The number of rotatable bonds is 8. The second kappa shape index (κ2) is 11.5. The number of imidazole rings is 1. The maximum atomic E-state index is 12.7. The highest BCUT2D eigenvalue weighted by atomic mass is 32.2. The number of nitrogens with zero attached hydrogens (tertiary/aromatic N) is 6. The van der Waals surface area contributed by atoms with Crippen LogP contribution in [-0.4, -0.2) is 70.6 Å². The molecule has 11 nitrogen and oxygen atoms in total. The Morgan fingerprint density at radius 3 is 2.51 bits per heavy atom. The molecule has 5 rings (SSSR count). The number of tetrazole rings is 1. The lowest BCUT2D eigenvalue weighted by Gasteiger charge is -2.30. The predicted molar refractivity (Wildman–Crippen MR) is 137 cm³/mol. The molecule has 2 N–H and O–H groups in total. The van der Waals surface area contributed by atoms with Gasteiger partial charge in [-0.3, -0.25) is 0 Å². The average Bonchev–Trinajstić information content (AvgIpc) is 3.61. The average molecular weight is 538 g/mol. The number of amides is 1. The second-order valence-corrected chi connectivity index (χ2v) is 10.5. The third-order valence-electron chi connectivity index (χ3n) is 5.75. The van der Waals surface area contributed by atoms with Crippen molar-refractivity contribution in [3.05, 3.63) is 72.1 Å². The summed E-state index contributed by atoms with van der Waals surface area (Å²) in [7, 11) is 0. The van der Waals surface area contributed by atoms with Gasteiger partial charge in [0.15, 0.2) is 5.16 Å². The fourth-order valence-corrected chi connectivity index (χ4v) is 5.62. The van der Waals surface area contributed by atoms with Gasteiger partial charge in [-0.25, -0.2) is 14.6 Å². The molecule has 2 aromatic heterocycles. The fourth-order valence-electron chi connectivity index (χ4n) is 3.77. The Morgan fingerprint density at radius 2 is 1.84 bits per heavy atom. The molecule has 1 amide bonds. The number of aromatic carboxylic acids is 1. The zero-order valence-electron chi connectivity index (χ0n) is 19.6. The van der Waals surface area contributed by atoms with Crippen molar-refractivity contribution in [2.75, 3.05) is 13.1 Å². The number of H-pyrrole nitrogens is 1. The molecule has 1 aliphatic rings. The molecule has 1 saturated heterocycles. The summed E-state index contributed by atoms with van der Waals surface area (Å²) < 4.78 is 7.17. The normalized spacial score (nSPS) is 14.0. The van der Waals surface area contributed by atoms with Crippen LogP contribution < -0.4 is 4.74 Å². The first kappa shape index (κ1) is 24.8. The molecule has 0 aliphatic carbocycles. The minimum atomic E-state index is -0.986. The molecular formula is C24H23N7O4S2. The summed E-state index contributed by atoms with van der Waals surface area (Å²) in [6.07, 6.45) is 4.70. The minimum Gasteiger partial charge on any atom is -0.478 e. The van der Waals surface area contributed by atoms with E-state index in [4.69, 9.17) is 9.84 Å². The number of ether oxygens (including phenoxy) is 1. The van der Waals surface area contributed by atoms with Gasteiger partial charge >= 0.3 is 12.1 Å². The minimum absolute atomic E-state index is 0.199. The summed E-state index contributed by atoms with van der Waals surface area (Å²) in [5.41, 5.74) is 1.99.